The van der Waals surface area contributed by atoms with Gasteiger partial charge >= 0.3 is 0 Å². The number of hydrogen-bond donors (Lipinski definition) is 0. The number of hydrogen-bond acceptors (Lipinski definition) is 4. The van der Waals surface area contributed by atoms with Crippen molar-refractivity contribution >= 4 is 5.69 Å². The molecule has 0 N–H and O–H groups in total. The molecule has 0 saturated carbocycles. The van der Waals surface area contributed by atoms with E-state index in [-0.39, 0.29) is 11.0 Å². The molecule has 0 aromatic carbocycles. The number of rotatable bonds is 8. The van der Waals surface area contributed by atoms with E-state index in [1.54, 1.807) is 12.3 Å². The van der Waals surface area contributed by atoms with Crippen molar-refractivity contribution in [1.29, 1.82) is 5.26 Å². The zero-order chi connectivity index (χ0) is 15.9. The lowest BCUT2D eigenvalue weighted by molar-refractivity contribution is 0.408. The van der Waals surface area contributed by atoms with Crippen molar-refractivity contribution in [3.8, 4) is 6.07 Å². The molecule has 0 radical (unpaired) electrons. The first-order valence-electron chi connectivity index (χ1n) is 7.67. The van der Waals surface area contributed by atoms with Gasteiger partial charge in [-0.2, -0.15) is 10.4 Å². The van der Waals surface area contributed by atoms with Gasteiger partial charge in [0.1, 0.15) is 0 Å². The van der Waals surface area contributed by atoms with Gasteiger partial charge in [-0.25, -0.2) is 4.68 Å². The molecule has 0 aliphatic rings. The molecular formula is C16H26N4O. The Labute approximate surface area is 127 Å². The summed E-state index contributed by atoms with van der Waals surface area (Å²) in [5.74, 6) is 0. The van der Waals surface area contributed by atoms with E-state index in [2.05, 4.69) is 29.9 Å². The van der Waals surface area contributed by atoms with Gasteiger partial charge < -0.3 is 4.90 Å². The molecule has 116 valence electrons. The summed E-state index contributed by atoms with van der Waals surface area (Å²) in [6, 6.07) is 3.95. The highest BCUT2D eigenvalue weighted by Crippen LogP contribution is 2.21. The van der Waals surface area contributed by atoms with Crippen LogP contribution in [0.5, 0.6) is 0 Å². The maximum atomic E-state index is 12.0. The van der Waals surface area contributed by atoms with Crippen molar-refractivity contribution in [1.82, 2.24) is 9.78 Å². The second-order valence-corrected chi connectivity index (χ2v) is 5.90. The maximum absolute atomic E-state index is 12.0. The van der Waals surface area contributed by atoms with E-state index in [0.717, 1.165) is 38.0 Å². The lowest BCUT2D eigenvalue weighted by Crippen LogP contribution is -2.27. The topological polar surface area (TPSA) is 61.9 Å². The minimum Gasteiger partial charge on any atom is -0.371 e. The maximum Gasteiger partial charge on any atom is 0.268 e. The number of nitriles is 1. The molecule has 0 aliphatic heterocycles. The smallest absolute Gasteiger partial charge is 0.268 e. The molecule has 1 rings (SSSR count). The highest BCUT2D eigenvalue weighted by atomic mass is 16.1. The standard InChI is InChI=1S/C16H26N4O/c1-5-19(6-2)14-11-15(21)20(18-12-14)10-8-7-9-16(3,4)13-17/h11-12H,5-10H2,1-4H3. The minimum atomic E-state index is -0.287. The lowest BCUT2D eigenvalue weighted by Gasteiger charge is -2.20. The van der Waals surface area contributed by atoms with Crippen LogP contribution in [0.2, 0.25) is 0 Å². The van der Waals surface area contributed by atoms with Gasteiger partial charge in [-0.15, -0.1) is 0 Å². The summed E-state index contributed by atoms with van der Waals surface area (Å²) in [6.45, 7) is 10.3. The van der Waals surface area contributed by atoms with Crippen LogP contribution in [0.15, 0.2) is 17.1 Å². The summed E-state index contributed by atoms with van der Waals surface area (Å²) in [4.78, 5) is 14.2. The minimum absolute atomic E-state index is 0.0565. The third-order valence-electron chi connectivity index (χ3n) is 3.71. The van der Waals surface area contributed by atoms with Crippen LogP contribution in [0.4, 0.5) is 5.69 Å². The number of aryl methyl sites for hydroxylation is 1. The van der Waals surface area contributed by atoms with Crippen LogP contribution in [0.25, 0.3) is 0 Å². The third kappa shape index (κ3) is 5.22. The average Bonchev–Trinajstić information content (AvgIpc) is 2.46. The van der Waals surface area contributed by atoms with Crippen LogP contribution in [0.1, 0.15) is 47.0 Å². The Morgan fingerprint density at radius 2 is 2.00 bits per heavy atom. The molecule has 1 aromatic heterocycles. The Balaban J connectivity index is 2.58. The van der Waals surface area contributed by atoms with Crippen molar-refractivity contribution in [3.05, 3.63) is 22.6 Å². The molecule has 5 nitrogen and oxygen atoms in total. The van der Waals surface area contributed by atoms with E-state index in [9.17, 15) is 4.79 Å². The predicted molar refractivity (Wildman–Crippen MR) is 85.3 cm³/mol. The van der Waals surface area contributed by atoms with E-state index in [1.807, 2.05) is 13.8 Å². The molecule has 0 fully saturated rings. The fraction of sp³-hybridized carbons (Fsp3) is 0.688. The van der Waals surface area contributed by atoms with E-state index >= 15 is 0 Å². The van der Waals surface area contributed by atoms with Crippen molar-refractivity contribution in [3.63, 3.8) is 0 Å². The summed E-state index contributed by atoms with van der Waals surface area (Å²) >= 11 is 0. The molecule has 0 amide bonds. The van der Waals surface area contributed by atoms with Crippen LogP contribution in [0, 0.1) is 16.7 Å². The zero-order valence-corrected chi connectivity index (χ0v) is 13.6. The molecule has 0 saturated heterocycles. The van der Waals surface area contributed by atoms with Crippen LogP contribution >= 0.6 is 0 Å². The molecular weight excluding hydrogens is 264 g/mol. The molecule has 21 heavy (non-hydrogen) atoms. The summed E-state index contributed by atoms with van der Waals surface area (Å²) in [7, 11) is 0. The molecule has 0 aliphatic carbocycles. The van der Waals surface area contributed by atoms with Gasteiger partial charge in [-0.05, 0) is 40.5 Å². The van der Waals surface area contributed by atoms with Gasteiger partial charge in [-0.3, -0.25) is 4.79 Å². The Kier molecular flexibility index (Phi) is 6.41. The largest absolute Gasteiger partial charge is 0.371 e. The molecule has 0 spiro atoms. The first-order valence-corrected chi connectivity index (χ1v) is 7.67. The molecule has 1 aromatic rings. The van der Waals surface area contributed by atoms with E-state index in [0.29, 0.717) is 6.54 Å². The molecule has 0 atom stereocenters. The lowest BCUT2D eigenvalue weighted by atomic mass is 9.89. The van der Waals surface area contributed by atoms with Crippen molar-refractivity contribution in [2.45, 2.75) is 53.5 Å². The van der Waals surface area contributed by atoms with Crippen molar-refractivity contribution in [2.24, 2.45) is 5.41 Å². The number of unbranched alkanes of at least 4 members (excludes halogenated alkanes) is 1. The monoisotopic (exact) mass is 290 g/mol. The zero-order valence-electron chi connectivity index (χ0n) is 13.6. The molecule has 1 heterocycles. The van der Waals surface area contributed by atoms with Crippen LogP contribution in [0.3, 0.4) is 0 Å². The molecule has 0 unspecified atom stereocenters. The average molecular weight is 290 g/mol. The number of aromatic nitrogens is 2. The molecule has 5 heteroatoms. The van der Waals surface area contributed by atoms with Gasteiger partial charge in [0.05, 0.1) is 23.4 Å². The number of anilines is 1. The fourth-order valence-corrected chi connectivity index (χ4v) is 2.24. The summed E-state index contributed by atoms with van der Waals surface area (Å²) in [6.07, 6.45) is 4.39. The van der Waals surface area contributed by atoms with Crippen molar-refractivity contribution < 1.29 is 0 Å². The van der Waals surface area contributed by atoms with Crippen LogP contribution < -0.4 is 10.5 Å². The first kappa shape index (κ1) is 17.2. The van der Waals surface area contributed by atoms with Gasteiger partial charge in [0.15, 0.2) is 0 Å². The van der Waals surface area contributed by atoms with Crippen LogP contribution in [-0.4, -0.2) is 22.9 Å². The Morgan fingerprint density at radius 1 is 1.33 bits per heavy atom. The third-order valence-corrected chi connectivity index (χ3v) is 3.71. The Bertz CT molecular complexity index is 538. The van der Waals surface area contributed by atoms with Crippen molar-refractivity contribution in [2.75, 3.05) is 18.0 Å². The van der Waals surface area contributed by atoms with Gasteiger partial charge in [0.2, 0.25) is 0 Å². The van der Waals surface area contributed by atoms with E-state index < -0.39 is 0 Å². The quantitative estimate of drug-likeness (QED) is 0.691. The van der Waals surface area contributed by atoms with Gasteiger partial charge in [0.25, 0.3) is 5.56 Å². The number of nitrogens with zero attached hydrogens (tertiary/aromatic N) is 4. The fourth-order valence-electron chi connectivity index (χ4n) is 2.24. The second kappa shape index (κ2) is 7.82. The summed E-state index contributed by atoms with van der Waals surface area (Å²) < 4.78 is 1.51. The second-order valence-electron chi connectivity index (χ2n) is 5.90. The summed E-state index contributed by atoms with van der Waals surface area (Å²) in [5, 5.41) is 13.2. The van der Waals surface area contributed by atoms with Crippen LogP contribution in [-0.2, 0) is 6.54 Å². The Hall–Kier alpha value is -1.83. The van der Waals surface area contributed by atoms with Gasteiger partial charge in [0, 0.05) is 25.7 Å². The SMILES string of the molecule is CCN(CC)c1cnn(CCCCC(C)(C)C#N)c(=O)c1. The summed E-state index contributed by atoms with van der Waals surface area (Å²) in [5.41, 5.74) is 0.538. The normalized spacial score (nSPS) is 11.2. The van der Waals surface area contributed by atoms with Gasteiger partial charge in [-0.1, -0.05) is 6.42 Å². The Morgan fingerprint density at radius 3 is 2.52 bits per heavy atom. The highest BCUT2D eigenvalue weighted by molar-refractivity contribution is 5.42. The molecule has 0 bridgehead atoms. The highest BCUT2D eigenvalue weighted by Gasteiger charge is 2.15. The van der Waals surface area contributed by atoms with E-state index in [1.165, 1.54) is 4.68 Å². The van der Waals surface area contributed by atoms with E-state index in [4.69, 9.17) is 5.26 Å². The predicted octanol–water partition coefficient (Wildman–Crippen LogP) is 2.81. The first-order chi connectivity index (χ1) is 9.93.